The highest BCUT2D eigenvalue weighted by Gasteiger charge is 2.16. The van der Waals surface area contributed by atoms with E-state index in [0.29, 0.717) is 0 Å². The summed E-state index contributed by atoms with van der Waals surface area (Å²) in [5.41, 5.74) is 6.55. The number of benzene rings is 1. The molecule has 0 aliphatic heterocycles. The Labute approximate surface area is 77.2 Å². The van der Waals surface area contributed by atoms with Gasteiger partial charge < -0.3 is 10.8 Å². The molecule has 0 aliphatic carbocycles. The largest absolute Gasteiger partial charge is 0.387 e. The van der Waals surface area contributed by atoms with Crippen LogP contribution in [0.4, 0.5) is 4.39 Å². The van der Waals surface area contributed by atoms with Crippen molar-refractivity contribution in [1.82, 2.24) is 0 Å². The zero-order chi connectivity index (χ0) is 10.0. The van der Waals surface area contributed by atoms with Crippen molar-refractivity contribution in [2.45, 2.75) is 26.0 Å². The molecule has 0 radical (unpaired) electrons. The topological polar surface area (TPSA) is 46.2 Å². The summed E-state index contributed by atoms with van der Waals surface area (Å²) >= 11 is 0. The van der Waals surface area contributed by atoms with Crippen molar-refractivity contribution in [3.8, 4) is 0 Å². The monoisotopic (exact) mass is 183 g/mol. The van der Waals surface area contributed by atoms with Gasteiger partial charge in [-0.1, -0.05) is 12.1 Å². The minimum atomic E-state index is -0.930. The molecule has 3 N–H and O–H groups in total. The quantitative estimate of drug-likeness (QED) is 0.730. The van der Waals surface area contributed by atoms with Gasteiger partial charge in [-0.15, -0.1) is 0 Å². The van der Waals surface area contributed by atoms with Crippen LogP contribution < -0.4 is 5.73 Å². The molecular weight excluding hydrogens is 169 g/mol. The number of hydrogen-bond acceptors (Lipinski definition) is 2. The molecule has 0 heterocycles. The third kappa shape index (κ3) is 2.26. The van der Waals surface area contributed by atoms with Gasteiger partial charge in [-0.2, -0.15) is 0 Å². The molecule has 0 bridgehead atoms. The Morgan fingerprint density at radius 3 is 2.54 bits per heavy atom. The molecule has 1 aromatic carbocycles. The van der Waals surface area contributed by atoms with E-state index in [1.54, 1.807) is 26.0 Å². The maximum Gasteiger partial charge on any atom is 0.129 e. The Morgan fingerprint density at radius 2 is 2.08 bits per heavy atom. The second-order valence-corrected chi connectivity index (χ2v) is 3.33. The van der Waals surface area contributed by atoms with Crippen molar-refractivity contribution in [1.29, 1.82) is 0 Å². The SMILES string of the molecule is Cc1ccc([C@@H](O)[C@H](C)N)c(F)c1. The first kappa shape index (κ1) is 10.2. The number of hydrogen-bond donors (Lipinski definition) is 2. The molecule has 0 saturated carbocycles. The van der Waals surface area contributed by atoms with E-state index in [-0.39, 0.29) is 5.56 Å². The van der Waals surface area contributed by atoms with E-state index in [0.717, 1.165) is 5.56 Å². The molecule has 1 rings (SSSR count). The smallest absolute Gasteiger partial charge is 0.129 e. The zero-order valence-electron chi connectivity index (χ0n) is 7.79. The van der Waals surface area contributed by atoms with E-state index in [4.69, 9.17) is 5.73 Å². The van der Waals surface area contributed by atoms with Crippen LogP contribution in [0, 0.1) is 12.7 Å². The van der Waals surface area contributed by atoms with Crippen molar-refractivity contribution in [3.63, 3.8) is 0 Å². The molecular formula is C10H14FNO. The minimum absolute atomic E-state index is 0.264. The van der Waals surface area contributed by atoms with Gasteiger partial charge in [0.1, 0.15) is 5.82 Å². The lowest BCUT2D eigenvalue weighted by Gasteiger charge is -2.15. The van der Waals surface area contributed by atoms with E-state index in [2.05, 4.69) is 0 Å². The number of halogens is 1. The summed E-state index contributed by atoms with van der Waals surface area (Å²) in [6.07, 6.45) is -0.930. The second-order valence-electron chi connectivity index (χ2n) is 3.33. The highest BCUT2D eigenvalue weighted by atomic mass is 19.1. The van der Waals surface area contributed by atoms with Crippen molar-refractivity contribution in [2.24, 2.45) is 5.73 Å². The third-order valence-corrected chi connectivity index (χ3v) is 1.97. The number of aryl methyl sites for hydroxylation is 1. The van der Waals surface area contributed by atoms with Gasteiger partial charge in [0.2, 0.25) is 0 Å². The summed E-state index contributed by atoms with van der Waals surface area (Å²) in [6, 6.07) is 4.25. The van der Waals surface area contributed by atoms with Crippen LogP contribution in [0.5, 0.6) is 0 Å². The maximum absolute atomic E-state index is 13.2. The van der Waals surface area contributed by atoms with Crippen molar-refractivity contribution >= 4 is 0 Å². The Bertz CT molecular complexity index is 299. The first-order chi connectivity index (χ1) is 6.02. The molecule has 0 spiro atoms. The first-order valence-electron chi connectivity index (χ1n) is 4.22. The second kappa shape index (κ2) is 3.85. The van der Waals surface area contributed by atoms with Gasteiger partial charge >= 0.3 is 0 Å². The summed E-state index contributed by atoms with van der Waals surface area (Å²) in [5.74, 6) is -0.398. The average molecular weight is 183 g/mol. The molecule has 0 aliphatic rings. The summed E-state index contributed by atoms with van der Waals surface area (Å²) in [7, 11) is 0. The van der Waals surface area contributed by atoms with Gasteiger partial charge in [-0.3, -0.25) is 0 Å². The summed E-state index contributed by atoms with van der Waals surface area (Å²) in [4.78, 5) is 0. The lowest BCUT2D eigenvalue weighted by molar-refractivity contribution is 0.149. The summed E-state index contributed by atoms with van der Waals surface area (Å²) in [5, 5.41) is 9.50. The normalized spacial score (nSPS) is 15.5. The molecule has 0 saturated heterocycles. The predicted molar refractivity (Wildman–Crippen MR) is 49.7 cm³/mol. The minimum Gasteiger partial charge on any atom is -0.387 e. The van der Waals surface area contributed by atoms with E-state index >= 15 is 0 Å². The van der Waals surface area contributed by atoms with Crippen LogP contribution in [0.1, 0.15) is 24.2 Å². The number of rotatable bonds is 2. The van der Waals surface area contributed by atoms with Crippen molar-refractivity contribution < 1.29 is 9.50 Å². The van der Waals surface area contributed by atoms with E-state index < -0.39 is 18.0 Å². The van der Waals surface area contributed by atoms with Gasteiger partial charge in [0.15, 0.2) is 0 Å². The fourth-order valence-corrected chi connectivity index (χ4v) is 1.16. The molecule has 0 amide bonds. The van der Waals surface area contributed by atoms with E-state index in [1.165, 1.54) is 6.07 Å². The Hall–Kier alpha value is -0.930. The van der Waals surface area contributed by atoms with Crippen molar-refractivity contribution in [3.05, 3.63) is 35.1 Å². The molecule has 3 heteroatoms. The zero-order valence-corrected chi connectivity index (χ0v) is 7.79. The molecule has 0 aromatic heterocycles. The highest BCUT2D eigenvalue weighted by Crippen LogP contribution is 2.19. The average Bonchev–Trinajstić information content (AvgIpc) is 2.03. The lowest BCUT2D eigenvalue weighted by atomic mass is 10.0. The first-order valence-corrected chi connectivity index (χ1v) is 4.22. The molecule has 0 unspecified atom stereocenters. The fraction of sp³-hybridized carbons (Fsp3) is 0.400. The third-order valence-electron chi connectivity index (χ3n) is 1.97. The highest BCUT2D eigenvalue weighted by molar-refractivity contribution is 5.25. The Balaban J connectivity index is 3.01. The van der Waals surface area contributed by atoms with Crippen molar-refractivity contribution in [2.75, 3.05) is 0 Å². The van der Waals surface area contributed by atoms with Gasteiger partial charge in [-0.05, 0) is 25.5 Å². The predicted octanol–water partition coefficient (Wildman–Crippen LogP) is 1.51. The van der Waals surface area contributed by atoms with Gasteiger partial charge in [-0.25, -0.2) is 4.39 Å². The molecule has 2 nitrogen and oxygen atoms in total. The molecule has 72 valence electrons. The molecule has 0 fully saturated rings. The standard InChI is InChI=1S/C10H14FNO/c1-6-3-4-8(9(11)5-6)10(13)7(2)12/h3-5,7,10,13H,12H2,1-2H3/t7-,10-/m0/s1. The Kier molecular flexibility index (Phi) is 3.01. The van der Waals surface area contributed by atoms with Crippen LogP contribution in [-0.2, 0) is 0 Å². The lowest BCUT2D eigenvalue weighted by Crippen LogP contribution is -2.25. The fourth-order valence-electron chi connectivity index (χ4n) is 1.16. The summed E-state index contributed by atoms with van der Waals surface area (Å²) < 4.78 is 13.2. The maximum atomic E-state index is 13.2. The molecule has 13 heavy (non-hydrogen) atoms. The van der Waals surface area contributed by atoms with Gasteiger partial charge in [0.05, 0.1) is 6.10 Å². The molecule has 2 atom stereocenters. The Morgan fingerprint density at radius 1 is 1.46 bits per heavy atom. The van der Waals surface area contributed by atoms with E-state index in [9.17, 15) is 9.50 Å². The van der Waals surface area contributed by atoms with Gasteiger partial charge in [0, 0.05) is 11.6 Å². The van der Waals surface area contributed by atoms with Gasteiger partial charge in [0.25, 0.3) is 0 Å². The van der Waals surface area contributed by atoms with E-state index in [1.807, 2.05) is 0 Å². The number of aliphatic hydroxyl groups is 1. The van der Waals surface area contributed by atoms with Crippen LogP contribution >= 0.6 is 0 Å². The van der Waals surface area contributed by atoms with Crippen LogP contribution in [0.3, 0.4) is 0 Å². The number of nitrogens with two attached hydrogens (primary N) is 1. The molecule has 1 aromatic rings. The number of aliphatic hydroxyl groups excluding tert-OH is 1. The van der Waals surface area contributed by atoms with Crippen LogP contribution in [0.2, 0.25) is 0 Å². The summed E-state index contributed by atoms with van der Waals surface area (Å²) in [6.45, 7) is 3.44. The van der Waals surface area contributed by atoms with Crippen LogP contribution in [0.15, 0.2) is 18.2 Å². The van der Waals surface area contributed by atoms with Crippen LogP contribution in [-0.4, -0.2) is 11.1 Å². The van der Waals surface area contributed by atoms with Crippen LogP contribution in [0.25, 0.3) is 0 Å².